The highest BCUT2D eigenvalue weighted by atomic mass is 16.6. The third-order valence-corrected chi connectivity index (χ3v) is 2.36. The van der Waals surface area contributed by atoms with Gasteiger partial charge >= 0.3 is 5.97 Å². The quantitative estimate of drug-likeness (QED) is 0.591. The van der Waals surface area contributed by atoms with Crippen molar-refractivity contribution in [3.8, 4) is 5.82 Å². The Bertz CT molecular complexity index is 588. The van der Waals surface area contributed by atoms with Gasteiger partial charge in [-0.1, -0.05) is 5.21 Å². The van der Waals surface area contributed by atoms with Crippen LogP contribution < -0.4 is 10.6 Å². The van der Waals surface area contributed by atoms with Crippen LogP contribution in [0.2, 0.25) is 0 Å². The molecule has 0 bridgehead atoms. The van der Waals surface area contributed by atoms with Gasteiger partial charge in [-0.3, -0.25) is 0 Å². The van der Waals surface area contributed by atoms with Gasteiger partial charge in [0.05, 0.1) is 21.2 Å². The summed E-state index contributed by atoms with van der Waals surface area (Å²) in [6, 6.07) is 0. The fraction of sp³-hybridized carbons (Fsp3) is 0.444. The molecule has 19 heavy (non-hydrogen) atoms. The van der Waals surface area contributed by atoms with Gasteiger partial charge in [0, 0.05) is 0 Å². The minimum Gasteiger partial charge on any atom is -0.464 e. The van der Waals surface area contributed by atoms with Crippen molar-refractivity contribution in [1.82, 2.24) is 25.3 Å². The van der Waals surface area contributed by atoms with Gasteiger partial charge in [0.2, 0.25) is 11.6 Å². The highest BCUT2D eigenvalue weighted by Gasteiger charge is 2.25. The number of methoxy groups -OCH3 is 1. The molecule has 0 aliphatic rings. The van der Waals surface area contributed by atoms with E-state index in [0.29, 0.717) is 12.2 Å². The van der Waals surface area contributed by atoms with E-state index >= 15 is 0 Å². The van der Waals surface area contributed by atoms with E-state index in [1.807, 2.05) is 14.1 Å². The average Bonchev–Trinajstić information content (AvgIpc) is 2.94. The maximum absolute atomic E-state index is 11.6. The third kappa shape index (κ3) is 2.38. The van der Waals surface area contributed by atoms with Crippen LogP contribution in [0, 0.1) is 0 Å². The number of carbonyl (C=O) groups excluding carboxylic acids is 1. The molecule has 0 amide bonds. The zero-order valence-corrected chi connectivity index (χ0v) is 10.7. The number of hydrogen-bond acceptors (Lipinski definition) is 8. The first-order chi connectivity index (χ1) is 9.04. The Morgan fingerprint density at radius 2 is 2.21 bits per heavy atom. The largest absolute Gasteiger partial charge is 0.464 e. The fourth-order valence-electron chi connectivity index (χ4n) is 1.56. The molecule has 2 aromatic heterocycles. The molecule has 3 N–H and O–H groups in total. The average molecular weight is 268 g/mol. The zero-order chi connectivity index (χ0) is 14.0. The summed E-state index contributed by atoms with van der Waals surface area (Å²) in [5.74, 6) is -0.312. The van der Waals surface area contributed by atoms with Gasteiger partial charge < -0.3 is 15.4 Å². The van der Waals surface area contributed by atoms with E-state index in [4.69, 9.17) is 5.73 Å². The van der Waals surface area contributed by atoms with Crippen LogP contribution in [0.1, 0.15) is 16.2 Å². The highest BCUT2D eigenvalue weighted by Crippen LogP contribution is 2.15. The number of esters is 1. The third-order valence-electron chi connectivity index (χ3n) is 2.36. The lowest BCUT2D eigenvalue weighted by molar-refractivity contribution is -0.873. The van der Waals surface area contributed by atoms with Crippen LogP contribution in [-0.2, 0) is 11.3 Å². The molecule has 10 nitrogen and oxygen atoms in total. The topological polar surface area (TPSA) is 126 Å². The molecule has 2 rings (SSSR count). The number of rotatable bonds is 4. The maximum Gasteiger partial charge on any atom is 0.360 e. The minimum absolute atomic E-state index is 0.0660. The van der Waals surface area contributed by atoms with Gasteiger partial charge in [-0.05, 0) is 10.3 Å². The van der Waals surface area contributed by atoms with Crippen LogP contribution in [0.5, 0.6) is 0 Å². The first kappa shape index (κ1) is 13.0. The predicted octanol–water partition coefficient (Wildman–Crippen LogP) is -2.34. The molecule has 0 fully saturated rings. The molecule has 0 saturated carbocycles. The number of nitrogens with one attached hydrogen (secondary N) is 1. The van der Waals surface area contributed by atoms with Crippen LogP contribution in [0.15, 0.2) is 4.63 Å². The van der Waals surface area contributed by atoms with Gasteiger partial charge in [-0.25, -0.2) is 9.42 Å². The summed E-state index contributed by atoms with van der Waals surface area (Å²) in [7, 11) is 5.12. The molecule has 10 heteroatoms. The predicted molar refractivity (Wildman–Crippen MR) is 61.5 cm³/mol. The summed E-state index contributed by atoms with van der Waals surface area (Å²) in [5, 5.41) is 14.8. The summed E-state index contributed by atoms with van der Waals surface area (Å²) in [4.78, 5) is 12.7. The van der Waals surface area contributed by atoms with E-state index in [0.717, 1.165) is 4.90 Å². The number of quaternary nitrogens is 1. The Kier molecular flexibility index (Phi) is 3.42. The monoisotopic (exact) mass is 268 g/mol. The van der Waals surface area contributed by atoms with Crippen molar-refractivity contribution in [2.45, 2.75) is 6.54 Å². The van der Waals surface area contributed by atoms with Crippen LogP contribution in [0.3, 0.4) is 0 Å². The Labute approximate surface area is 108 Å². The number of hydrogen-bond donors (Lipinski definition) is 2. The second-order valence-corrected chi connectivity index (χ2v) is 4.15. The number of nitrogens with two attached hydrogens (primary N) is 1. The van der Waals surface area contributed by atoms with Gasteiger partial charge in [0.15, 0.2) is 5.69 Å². The molecule has 0 atom stereocenters. The summed E-state index contributed by atoms with van der Waals surface area (Å²) >= 11 is 0. The Hall–Kier alpha value is -2.49. The molecule has 0 saturated heterocycles. The molecule has 2 aromatic rings. The number of carbonyl (C=O) groups is 1. The maximum atomic E-state index is 11.6. The standard InChI is InChI=1S/C9H13N7O3/c1-15(2)4-5-6(9(17)18-3)11-14-16(5)8-7(10)12-19-13-8/h4H2,1-3H3,(H2,10,12)/p+1. The van der Waals surface area contributed by atoms with Crippen molar-refractivity contribution < 1.29 is 19.1 Å². The second kappa shape index (κ2) is 5.02. The van der Waals surface area contributed by atoms with Crippen molar-refractivity contribution in [3.63, 3.8) is 0 Å². The van der Waals surface area contributed by atoms with E-state index in [-0.39, 0.29) is 17.3 Å². The van der Waals surface area contributed by atoms with E-state index < -0.39 is 5.97 Å². The van der Waals surface area contributed by atoms with E-state index in [9.17, 15) is 4.79 Å². The first-order valence-electron chi connectivity index (χ1n) is 5.45. The summed E-state index contributed by atoms with van der Waals surface area (Å²) in [5.41, 5.74) is 6.25. The minimum atomic E-state index is -0.572. The molecular formula is C9H14N7O3+. The van der Waals surface area contributed by atoms with Crippen molar-refractivity contribution >= 4 is 11.8 Å². The molecular weight excluding hydrogens is 254 g/mol. The summed E-state index contributed by atoms with van der Waals surface area (Å²) in [6.45, 7) is 0.476. The molecule has 2 heterocycles. The van der Waals surface area contributed by atoms with Crippen molar-refractivity contribution in [3.05, 3.63) is 11.4 Å². The molecule has 0 spiro atoms. The van der Waals surface area contributed by atoms with E-state index in [1.165, 1.54) is 11.8 Å². The zero-order valence-electron chi connectivity index (χ0n) is 10.7. The number of aromatic nitrogens is 5. The lowest BCUT2D eigenvalue weighted by Gasteiger charge is -2.08. The lowest BCUT2D eigenvalue weighted by atomic mass is 10.3. The fourth-order valence-corrected chi connectivity index (χ4v) is 1.56. The number of ether oxygens (including phenoxy) is 1. The Morgan fingerprint density at radius 3 is 2.74 bits per heavy atom. The Balaban J connectivity index is 2.53. The van der Waals surface area contributed by atoms with Gasteiger partial charge in [-0.15, -0.1) is 5.10 Å². The normalized spacial score (nSPS) is 10.9. The Morgan fingerprint density at radius 1 is 1.47 bits per heavy atom. The second-order valence-electron chi connectivity index (χ2n) is 4.15. The van der Waals surface area contributed by atoms with Crippen LogP contribution in [0.25, 0.3) is 5.82 Å². The first-order valence-corrected chi connectivity index (χ1v) is 5.45. The van der Waals surface area contributed by atoms with Gasteiger partial charge in [0.1, 0.15) is 12.2 Å². The van der Waals surface area contributed by atoms with Gasteiger partial charge in [0.25, 0.3) is 0 Å². The number of nitrogen functional groups attached to an aromatic ring is 1. The van der Waals surface area contributed by atoms with Crippen LogP contribution >= 0.6 is 0 Å². The SMILES string of the molecule is COC(=O)c1nnn(-c2nonc2N)c1C[NH+](C)C. The molecule has 0 radical (unpaired) electrons. The van der Waals surface area contributed by atoms with Crippen LogP contribution in [0.4, 0.5) is 5.82 Å². The molecule has 102 valence electrons. The van der Waals surface area contributed by atoms with Crippen molar-refractivity contribution in [1.29, 1.82) is 0 Å². The van der Waals surface area contributed by atoms with Crippen LogP contribution in [-0.4, -0.2) is 52.5 Å². The lowest BCUT2D eigenvalue weighted by Crippen LogP contribution is -3.04. The summed E-state index contributed by atoms with van der Waals surface area (Å²) in [6.07, 6.45) is 0. The smallest absolute Gasteiger partial charge is 0.360 e. The summed E-state index contributed by atoms with van der Waals surface area (Å²) < 4.78 is 10.5. The van der Waals surface area contributed by atoms with Crippen molar-refractivity contribution in [2.75, 3.05) is 26.9 Å². The molecule has 0 aliphatic heterocycles. The molecule has 0 aromatic carbocycles. The van der Waals surface area contributed by atoms with Crippen molar-refractivity contribution in [2.24, 2.45) is 0 Å². The molecule has 0 unspecified atom stereocenters. The van der Waals surface area contributed by atoms with E-state index in [2.05, 4.69) is 30.0 Å². The highest BCUT2D eigenvalue weighted by molar-refractivity contribution is 5.88. The molecule has 0 aliphatic carbocycles. The van der Waals surface area contributed by atoms with E-state index in [1.54, 1.807) is 0 Å². The van der Waals surface area contributed by atoms with Gasteiger partial charge in [-0.2, -0.15) is 4.68 Å². The number of nitrogens with zero attached hydrogens (tertiary/aromatic N) is 5. The number of anilines is 1.